The summed E-state index contributed by atoms with van der Waals surface area (Å²) < 4.78 is 13.0. The van der Waals surface area contributed by atoms with Gasteiger partial charge in [0.2, 0.25) is 0 Å². The van der Waals surface area contributed by atoms with Crippen LogP contribution in [0.25, 0.3) is 60.9 Å². The van der Waals surface area contributed by atoms with Gasteiger partial charge in [0.1, 0.15) is 22.8 Å². The molecule has 9 rings (SSSR count). The smallest absolute Gasteiger partial charge is 0.137 e. The first-order valence-corrected chi connectivity index (χ1v) is 14.6. The second kappa shape index (κ2) is 9.71. The average Bonchev–Trinajstić information content (AvgIpc) is 3.75. The molecule has 44 heavy (non-hydrogen) atoms. The molecular formula is C38H25N5O. The van der Waals surface area contributed by atoms with Crippen LogP contribution in [0, 0.1) is 0 Å². The Kier molecular flexibility index (Phi) is 5.40. The van der Waals surface area contributed by atoms with Crippen LogP contribution in [0.4, 0.5) is 0 Å². The molecule has 0 bridgehead atoms. The zero-order valence-corrected chi connectivity index (χ0v) is 23.6. The molecule has 4 heterocycles. The predicted octanol–water partition coefficient (Wildman–Crippen LogP) is 9.25. The van der Waals surface area contributed by atoms with Gasteiger partial charge in [-0.2, -0.15) is 5.10 Å². The molecule has 4 aromatic heterocycles. The SMILES string of the molecule is c1ccc(-n2c3ccccc3c3c2cnn3-c2cccc(Oc3ccc4c5ccccc5n(-c5ccccn5)c4c3)c2)cc1. The Morgan fingerprint density at radius 2 is 1.18 bits per heavy atom. The van der Waals surface area contributed by atoms with E-state index in [1.807, 2.05) is 65.6 Å². The number of hydrogen-bond donors (Lipinski definition) is 0. The topological polar surface area (TPSA) is 49.8 Å². The standard InChI is InChI=1S/C38H25N5O/c1-2-11-26(12-3-1)41-34-18-7-5-16-32(34)38-36(41)25-40-43(38)27-13-10-14-28(23-27)44-29-20-21-31-30-15-4-6-17-33(30)42(35(31)24-29)37-19-8-9-22-39-37/h1-25H. The van der Waals surface area contributed by atoms with Gasteiger partial charge in [-0.05, 0) is 60.7 Å². The molecule has 0 aliphatic heterocycles. The van der Waals surface area contributed by atoms with Crippen molar-refractivity contribution in [2.45, 2.75) is 0 Å². The second-order valence-corrected chi connectivity index (χ2v) is 10.8. The van der Waals surface area contributed by atoms with Crippen molar-refractivity contribution in [1.82, 2.24) is 23.9 Å². The first-order chi connectivity index (χ1) is 21.8. The Morgan fingerprint density at radius 3 is 2.02 bits per heavy atom. The number of aromatic nitrogens is 5. The van der Waals surface area contributed by atoms with E-state index in [1.54, 1.807) is 0 Å². The van der Waals surface area contributed by atoms with Crippen molar-refractivity contribution < 1.29 is 4.74 Å². The fourth-order valence-corrected chi connectivity index (χ4v) is 6.37. The molecule has 208 valence electrons. The minimum Gasteiger partial charge on any atom is -0.457 e. The van der Waals surface area contributed by atoms with Crippen molar-refractivity contribution in [1.29, 1.82) is 0 Å². The van der Waals surface area contributed by atoms with Crippen LogP contribution in [0.5, 0.6) is 11.5 Å². The van der Waals surface area contributed by atoms with Crippen LogP contribution in [-0.4, -0.2) is 23.9 Å². The highest BCUT2D eigenvalue weighted by Gasteiger charge is 2.18. The average molecular weight is 568 g/mol. The van der Waals surface area contributed by atoms with Gasteiger partial charge in [-0.15, -0.1) is 0 Å². The van der Waals surface area contributed by atoms with E-state index < -0.39 is 0 Å². The van der Waals surface area contributed by atoms with Crippen LogP contribution in [0.3, 0.4) is 0 Å². The predicted molar refractivity (Wildman–Crippen MR) is 177 cm³/mol. The van der Waals surface area contributed by atoms with Crippen molar-refractivity contribution in [3.63, 3.8) is 0 Å². The molecule has 0 unspecified atom stereocenters. The monoisotopic (exact) mass is 567 g/mol. The molecule has 0 fully saturated rings. The summed E-state index contributed by atoms with van der Waals surface area (Å²) in [5.74, 6) is 2.36. The van der Waals surface area contributed by atoms with Crippen molar-refractivity contribution in [2.24, 2.45) is 0 Å². The van der Waals surface area contributed by atoms with Crippen LogP contribution in [0.15, 0.2) is 152 Å². The maximum atomic E-state index is 6.51. The van der Waals surface area contributed by atoms with Gasteiger partial charge in [-0.3, -0.25) is 4.57 Å². The zero-order chi connectivity index (χ0) is 29.0. The van der Waals surface area contributed by atoms with E-state index in [0.29, 0.717) is 0 Å². The van der Waals surface area contributed by atoms with Gasteiger partial charge in [0.05, 0.1) is 34.0 Å². The van der Waals surface area contributed by atoms with Gasteiger partial charge in [0.15, 0.2) is 0 Å². The molecule has 0 spiro atoms. The minimum atomic E-state index is 0.734. The number of para-hydroxylation sites is 3. The van der Waals surface area contributed by atoms with Gasteiger partial charge >= 0.3 is 0 Å². The van der Waals surface area contributed by atoms with E-state index >= 15 is 0 Å². The number of nitrogens with zero attached hydrogens (tertiary/aromatic N) is 5. The Morgan fingerprint density at radius 1 is 0.477 bits per heavy atom. The van der Waals surface area contributed by atoms with E-state index in [-0.39, 0.29) is 0 Å². The first kappa shape index (κ1) is 24.5. The van der Waals surface area contributed by atoms with E-state index in [9.17, 15) is 0 Å². The molecule has 0 saturated heterocycles. The Balaban J connectivity index is 1.15. The lowest BCUT2D eigenvalue weighted by Gasteiger charge is -2.10. The van der Waals surface area contributed by atoms with Crippen molar-refractivity contribution in [2.75, 3.05) is 0 Å². The number of hydrogen-bond acceptors (Lipinski definition) is 3. The fraction of sp³-hybridized carbons (Fsp3) is 0. The third-order valence-corrected chi connectivity index (χ3v) is 8.23. The molecule has 0 aliphatic carbocycles. The molecule has 5 aromatic carbocycles. The molecule has 0 atom stereocenters. The fourth-order valence-electron chi connectivity index (χ4n) is 6.37. The number of fused-ring (bicyclic) bond motifs is 6. The van der Waals surface area contributed by atoms with E-state index in [0.717, 1.165) is 67.0 Å². The Labute approximate surface area is 252 Å². The maximum absolute atomic E-state index is 6.51. The summed E-state index contributed by atoms with van der Waals surface area (Å²) in [5.41, 5.74) is 7.44. The molecule has 0 amide bonds. The normalized spacial score (nSPS) is 11.6. The van der Waals surface area contributed by atoms with Gasteiger partial charge in [0.25, 0.3) is 0 Å². The number of pyridine rings is 1. The summed E-state index contributed by atoms with van der Waals surface area (Å²) in [4.78, 5) is 4.65. The summed E-state index contributed by atoms with van der Waals surface area (Å²) in [5, 5.41) is 8.33. The van der Waals surface area contributed by atoms with Crippen LogP contribution in [0.1, 0.15) is 0 Å². The molecule has 6 nitrogen and oxygen atoms in total. The summed E-state index contributed by atoms with van der Waals surface area (Å²) in [6.07, 6.45) is 3.77. The van der Waals surface area contributed by atoms with Gasteiger partial charge in [-0.1, -0.05) is 66.7 Å². The molecular weight excluding hydrogens is 542 g/mol. The molecule has 6 heteroatoms. The highest BCUT2D eigenvalue weighted by atomic mass is 16.5. The highest BCUT2D eigenvalue weighted by molar-refractivity contribution is 6.10. The van der Waals surface area contributed by atoms with Crippen LogP contribution >= 0.6 is 0 Å². The Bertz CT molecular complexity index is 2470. The van der Waals surface area contributed by atoms with E-state index in [2.05, 4.69) is 105 Å². The number of benzene rings is 5. The maximum Gasteiger partial charge on any atom is 0.137 e. The molecule has 0 saturated carbocycles. The highest BCUT2D eigenvalue weighted by Crippen LogP contribution is 2.36. The van der Waals surface area contributed by atoms with Crippen molar-refractivity contribution in [3.8, 4) is 28.7 Å². The minimum absolute atomic E-state index is 0.734. The van der Waals surface area contributed by atoms with Gasteiger partial charge in [-0.25, -0.2) is 9.67 Å². The third kappa shape index (κ3) is 3.75. The second-order valence-electron chi connectivity index (χ2n) is 10.8. The molecule has 9 aromatic rings. The van der Waals surface area contributed by atoms with Gasteiger partial charge < -0.3 is 9.30 Å². The lowest BCUT2D eigenvalue weighted by molar-refractivity contribution is 0.483. The molecule has 0 aliphatic rings. The lowest BCUT2D eigenvalue weighted by atomic mass is 10.1. The van der Waals surface area contributed by atoms with Crippen LogP contribution < -0.4 is 4.74 Å². The van der Waals surface area contributed by atoms with E-state index in [1.165, 1.54) is 5.39 Å². The van der Waals surface area contributed by atoms with E-state index in [4.69, 9.17) is 9.84 Å². The summed E-state index contributed by atoms with van der Waals surface area (Å²) in [7, 11) is 0. The van der Waals surface area contributed by atoms with Crippen molar-refractivity contribution in [3.05, 3.63) is 152 Å². The van der Waals surface area contributed by atoms with Crippen LogP contribution in [0.2, 0.25) is 0 Å². The largest absolute Gasteiger partial charge is 0.457 e. The summed E-state index contributed by atoms with van der Waals surface area (Å²) in [6.45, 7) is 0. The summed E-state index contributed by atoms with van der Waals surface area (Å²) >= 11 is 0. The molecule has 0 N–H and O–H groups in total. The summed E-state index contributed by atoms with van der Waals surface area (Å²) in [6, 6.07) is 47.7. The quantitative estimate of drug-likeness (QED) is 0.208. The third-order valence-electron chi connectivity index (χ3n) is 8.23. The number of rotatable bonds is 5. The molecule has 0 radical (unpaired) electrons. The van der Waals surface area contributed by atoms with Crippen LogP contribution in [-0.2, 0) is 0 Å². The van der Waals surface area contributed by atoms with Crippen molar-refractivity contribution >= 4 is 43.7 Å². The van der Waals surface area contributed by atoms with Gasteiger partial charge in [0, 0.05) is 40.2 Å². The lowest BCUT2D eigenvalue weighted by Crippen LogP contribution is -1.97. The number of ether oxygens (including phenoxy) is 1. The Hall–Kier alpha value is -6.14. The zero-order valence-electron chi connectivity index (χ0n) is 23.6. The first-order valence-electron chi connectivity index (χ1n) is 14.6.